The molecule has 0 unspecified atom stereocenters. The molecule has 2 N–H and O–H groups in total. The maximum absolute atomic E-state index is 12.5. The Kier molecular flexibility index (Phi) is 9.09. The molecule has 9 heteroatoms. The summed E-state index contributed by atoms with van der Waals surface area (Å²) in [4.78, 5) is 12.7. The van der Waals surface area contributed by atoms with Gasteiger partial charge in [-0.3, -0.25) is 4.79 Å². The van der Waals surface area contributed by atoms with Crippen molar-refractivity contribution in [2.45, 2.75) is 9.10 Å². The molecule has 25 heavy (non-hydrogen) atoms. The summed E-state index contributed by atoms with van der Waals surface area (Å²) in [5, 5.41) is 5.87. The second kappa shape index (κ2) is 10.5. The molecule has 2 aromatic rings. The summed E-state index contributed by atoms with van der Waals surface area (Å²) in [6, 6.07) is 11.2. The van der Waals surface area contributed by atoms with Gasteiger partial charge in [0.05, 0.1) is 16.4 Å². The van der Waals surface area contributed by atoms with E-state index in [9.17, 15) is 13.2 Å². The lowest BCUT2D eigenvalue weighted by Crippen LogP contribution is -2.32. The summed E-state index contributed by atoms with van der Waals surface area (Å²) >= 11 is 0.974. The summed E-state index contributed by atoms with van der Waals surface area (Å²) in [5.74, 6) is -0.275. The Hall–Kier alpha value is -1.45. The summed E-state index contributed by atoms with van der Waals surface area (Å²) in [6.07, 6.45) is 0. The Morgan fingerprint density at radius 3 is 2.48 bits per heavy atom. The highest BCUT2D eigenvalue weighted by atomic mass is 35.5. The first kappa shape index (κ1) is 21.6. The number of hydrogen-bond acceptors (Lipinski definition) is 6. The Bertz CT molecular complexity index is 763. The minimum atomic E-state index is -3.57. The van der Waals surface area contributed by atoms with Gasteiger partial charge >= 0.3 is 0 Å². The summed E-state index contributed by atoms with van der Waals surface area (Å²) in [7, 11) is -1.95. The molecule has 0 atom stereocenters. The van der Waals surface area contributed by atoms with Gasteiger partial charge in [0, 0.05) is 26.7 Å². The fourth-order valence-electron chi connectivity index (χ4n) is 1.95. The minimum absolute atomic E-state index is 0. The first-order valence-corrected chi connectivity index (χ1v) is 9.73. The molecule has 138 valence electrons. The van der Waals surface area contributed by atoms with E-state index in [0.29, 0.717) is 31.1 Å². The van der Waals surface area contributed by atoms with E-state index in [-0.39, 0.29) is 27.4 Å². The standard InChI is InChI=1S/C16H20N2O4S2.ClH/c1-22-12-11-17-9-10-18-16(19)14-7-8-15(23-14)24(20,21)13-5-3-2-4-6-13;/h2-8,17H,9-12H2,1H3,(H,18,19);1H. The van der Waals surface area contributed by atoms with E-state index in [1.165, 1.54) is 12.1 Å². The highest BCUT2D eigenvalue weighted by Gasteiger charge is 2.21. The van der Waals surface area contributed by atoms with Crippen LogP contribution in [0.1, 0.15) is 9.67 Å². The van der Waals surface area contributed by atoms with Crippen molar-refractivity contribution in [2.75, 3.05) is 33.4 Å². The largest absolute Gasteiger partial charge is 0.383 e. The molecule has 0 saturated carbocycles. The molecule has 0 bridgehead atoms. The summed E-state index contributed by atoms with van der Waals surface area (Å²) < 4.78 is 30.0. The molecule has 1 aromatic carbocycles. The van der Waals surface area contributed by atoms with Crippen LogP contribution in [0.5, 0.6) is 0 Å². The predicted molar refractivity (Wildman–Crippen MR) is 101 cm³/mol. The van der Waals surface area contributed by atoms with Gasteiger partial charge in [0.1, 0.15) is 4.21 Å². The Morgan fingerprint density at radius 1 is 1.08 bits per heavy atom. The average molecular weight is 405 g/mol. The van der Waals surface area contributed by atoms with Gasteiger partial charge in [-0.05, 0) is 24.3 Å². The van der Waals surface area contributed by atoms with Crippen molar-refractivity contribution in [3.05, 3.63) is 47.3 Å². The fraction of sp³-hybridized carbons (Fsp3) is 0.312. The lowest BCUT2D eigenvalue weighted by Gasteiger charge is -2.05. The van der Waals surface area contributed by atoms with Crippen molar-refractivity contribution in [3.8, 4) is 0 Å². The van der Waals surface area contributed by atoms with Crippen LogP contribution >= 0.6 is 23.7 Å². The second-order valence-corrected chi connectivity index (χ2v) is 8.19. The maximum Gasteiger partial charge on any atom is 0.261 e. The molecule has 0 saturated heterocycles. The van der Waals surface area contributed by atoms with E-state index in [1.807, 2.05) is 0 Å². The zero-order valence-electron chi connectivity index (χ0n) is 13.7. The van der Waals surface area contributed by atoms with Gasteiger partial charge in [-0.25, -0.2) is 8.42 Å². The number of carbonyl (C=O) groups is 1. The van der Waals surface area contributed by atoms with Crippen LogP contribution in [0.25, 0.3) is 0 Å². The van der Waals surface area contributed by atoms with E-state index in [4.69, 9.17) is 4.74 Å². The molecule has 6 nitrogen and oxygen atoms in total. The number of rotatable bonds is 9. The van der Waals surface area contributed by atoms with Gasteiger partial charge in [-0.1, -0.05) is 18.2 Å². The second-order valence-electron chi connectivity index (χ2n) is 4.93. The molecule has 0 fully saturated rings. The number of carbonyl (C=O) groups excluding carboxylic acids is 1. The number of nitrogens with one attached hydrogen (secondary N) is 2. The van der Waals surface area contributed by atoms with Crippen LogP contribution in [0.4, 0.5) is 0 Å². The quantitative estimate of drug-likeness (QED) is 0.624. The molecule has 0 radical (unpaired) electrons. The average Bonchev–Trinajstić information content (AvgIpc) is 3.09. The number of methoxy groups -OCH3 is 1. The molecule has 1 aromatic heterocycles. The maximum atomic E-state index is 12.5. The monoisotopic (exact) mass is 404 g/mol. The van der Waals surface area contributed by atoms with Crippen molar-refractivity contribution in [3.63, 3.8) is 0 Å². The topological polar surface area (TPSA) is 84.5 Å². The van der Waals surface area contributed by atoms with Crippen LogP contribution in [-0.4, -0.2) is 47.7 Å². The van der Waals surface area contributed by atoms with Gasteiger partial charge in [0.2, 0.25) is 9.84 Å². The van der Waals surface area contributed by atoms with Crippen molar-refractivity contribution in [1.82, 2.24) is 10.6 Å². The molecule has 0 aliphatic rings. The van der Waals surface area contributed by atoms with Gasteiger partial charge in [-0.2, -0.15) is 0 Å². The zero-order chi connectivity index (χ0) is 17.4. The number of ether oxygens (including phenoxy) is 1. The third-order valence-electron chi connectivity index (χ3n) is 3.19. The SMILES string of the molecule is COCCNCCNC(=O)c1ccc(S(=O)(=O)c2ccccc2)s1.Cl. The number of amides is 1. The molecular weight excluding hydrogens is 384 g/mol. The fourth-order valence-corrected chi connectivity index (χ4v) is 4.60. The van der Waals surface area contributed by atoms with Crippen LogP contribution in [0.15, 0.2) is 51.6 Å². The molecule has 0 spiro atoms. The lowest BCUT2D eigenvalue weighted by molar-refractivity contribution is 0.0957. The normalized spacial score (nSPS) is 10.9. The Balaban J connectivity index is 0.00000312. The smallest absolute Gasteiger partial charge is 0.261 e. The number of halogens is 1. The van der Waals surface area contributed by atoms with Crippen molar-refractivity contribution < 1.29 is 17.9 Å². The highest BCUT2D eigenvalue weighted by Crippen LogP contribution is 2.27. The predicted octanol–water partition coefficient (Wildman–Crippen LogP) is 1.97. The molecule has 0 aliphatic heterocycles. The number of thiophene rings is 1. The van der Waals surface area contributed by atoms with Gasteiger partial charge in [-0.15, -0.1) is 23.7 Å². The van der Waals surface area contributed by atoms with Crippen molar-refractivity contribution in [2.24, 2.45) is 0 Å². The summed E-state index contributed by atoms with van der Waals surface area (Å²) in [5.41, 5.74) is 0. The first-order valence-electron chi connectivity index (χ1n) is 7.43. The number of benzene rings is 1. The van der Waals surface area contributed by atoms with Gasteiger partial charge in [0.15, 0.2) is 0 Å². The minimum Gasteiger partial charge on any atom is -0.383 e. The molecule has 1 amide bonds. The zero-order valence-corrected chi connectivity index (χ0v) is 16.2. The molecule has 1 heterocycles. The van der Waals surface area contributed by atoms with E-state index in [2.05, 4.69) is 10.6 Å². The van der Waals surface area contributed by atoms with E-state index >= 15 is 0 Å². The van der Waals surface area contributed by atoms with Crippen LogP contribution < -0.4 is 10.6 Å². The van der Waals surface area contributed by atoms with E-state index in [0.717, 1.165) is 11.3 Å². The van der Waals surface area contributed by atoms with Crippen LogP contribution in [-0.2, 0) is 14.6 Å². The lowest BCUT2D eigenvalue weighted by atomic mass is 10.4. The number of hydrogen-bond donors (Lipinski definition) is 2. The van der Waals surface area contributed by atoms with Crippen LogP contribution in [0.3, 0.4) is 0 Å². The third-order valence-corrected chi connectivity index (χ3v) is 6.54. The summed E-state index contributed by atoms with van der Waals surface area (Å²) in [6.45, 7) is 2.40. The van der Waals surface area contributed by atoms with Gasteiger partial charge < -0.3 is 15.4 Å². The van der Waals surface area contributed by atoms with Crippen molar-refractivity contribution >= 4 is 39.5 Å². The van der Waals surface area contributed by atoms with E-state index < -0.39 is 9.84 Å². The molecule has 2 rings (SSSR count). The highest BCUT2D eigenvalue weighted by molar-refractivity contribution is 7.93. The Labute approximate surface area is 157 Å². The Morgan fingerprint density at radius 2 is 1.80 bits per heavy atom. The number of sulfone groups is 1. The van der Waals surface area contributed by atoms with E-state index in [1.54, 1.807) is 37.4 Å². The third kappa shape index (κ3) is 6.09. The molecule has 0 aliphatic carbocycles. The van der Waals surface area contributed by atoms with Crippen LogP contribution in [0.2, 0.25) is 0 Å². The van der Waals surface area contributed by atoms with Gasteiger partial charge in [0.25, 0.3) is 5.91 Å². The van der Waals surface area contributed by atoms with Crippen LogP contribution in [0, 0.1) is 0 Å². The van der Waals surface area contributed by atoms with Crippen molar-refractivity contribution in [1.29, 1.82) is 0 Å². The first-order chi connectivity index (χ1) is 11.6. The molecular formula is C16H21ClN2O4S2.